The van der Waals surface area contributed by atoms with Crippen molar-refractivity contribution in [2.75, 3.05) is 32.0 Å². The molecule has 0 amide bonds. The number of nitrogens with two attached hydrogens (primary N) is 1. The Hall–Kier alpha value is -1.17. The van der Waals surface area contributed by atoms with Crippen molar-refractivity contribution in [2.45, 2.75) is 6.54 Å². The molecule has 2 heterocycles. The van der Waals surface area contributed by atoms with Gasteiger partial charge in [-0.05, 0) is 13.3 Å². The molecule has 0 aromatic carbocycles. The highest BCUT2D eigenvalue weighted by molar-refractivity contribution is 7.62. The molecule has 0 saturated heterocycles. The maximum absolute atomic E-state index is 11.5. The van der Waals surface area contributed by atoms with Crippen molar-refractivity contribution in [1.29, 1.82) is 0 Å². The number of nitrogen functional groups attached to an aromatic ring is 1. The smallest absolute Gasteiger partial charge is 0.223 e. The first-order valence-corrected chi connectivity index (χ1v) is 8.79. The van der Waals surface area contributed by atoms with Crippen LogP contribution in [0.2, 0.25) is 5.15 Å². The van der Waals surface area contributed by atoms with Gasteiger partial charge in [-0.2, -0.15) is 9.97 Å². The fraction of sp³-hybridized carbons (Fsp3) is 0.500. The molecule has 0 aliphatic rings. The van der Waals surface area contributed by atoms with Crippen LogP contribution in [0.5, 0.6) is 0 Å². The predicted octanol–water partition coefficient (Wildman–Crippen LogP) is 1.66. The Balaban J connectivity index is 2.07. The van der Waals surface area contributed by atoms with Gasteiger partial charge in [-0.3, -0.25) is 0 Å². The molecule has 0 fully saturated rings. The molecule has 104 valence electrons. The van der Waals surface area contributed by atoms with Gasteiger partial charge in [0.05, 0.1) is 19.3 Å². The summed E-state index contributed by atoms with van der Waals surface area (Å²) in [7, 11) is -2.15. The minimum Gasteiger partial charge on any atom is -0.372 e. The number of fused-ring (bicyclic) bond motifs is 1. The summed E-state index contributed by atoms with van der Waals surface area (Å²) in [5.41, 5.74) is 6.62. The summed E-state index contributed by atoms with van der Waals surface area (Å²) in [6.07, 6.45) is 1.86. The lowest BCUT2D eigenvalue weighted by atomic mass is 10.5. The van der Waals surface area contributed by atoms with Crippen molar-refractivity contribution in [2.24, 2.45) is 0 Å². The first kappa shape index (κ1) is 14.2. The van der Waals surface area contributed by atoms with Crippen LogP contribution in [0.15, 0.2) is 6.33 Å². The summed E-state index contributed by atoms with van der Waals surface area (Å²) in [4.78, 5) is 12.1. The molecule has 0 aliphatic carbocycles. The normalized spacial score (nSPS) is 12.2. The van der Waals surface area contributed by atoms with E-state index in [-0.39, 0.29) is 17.4 Å². The van der Waals surface area contributed by atoms with Gasteiger partial charge in [0.1, 0.15) is 12.7 Å². The molecule has 2 aromatic rings. The molecule has 0 atom stereocenters. The van der Waals surface area contributed by atoms with Gasteiger partial charge in [-0.15, -0.1) is 0 Å². The number of hydrogen-bond donors (Lipinski definition) is 1. The number of imidazole rings is 1. The Kier molecular flexibility index (Phi) is 4.08. The summed E-state index contributed by atoms with van der Waals surface area (Å²) < 4.78 is 18.6. The van der Waals surface area contributed by atoms with E-state index in [9.17, 15) is 4.57 Å². The molecule has 2 aromatic heterocycles. The average molecular weight is 304 g/mol. The Labute approximate surface area is 115 Å². The van der Waals surface area contributed by atoms with E-state index >= 15 is 0 Å². The van der Waals surface area contributed by atoms with Crippen molar-refractivity contribution < 1.29 is 9.30 Å². The van der Waals surface area contributed by atoms with Gasteiger partial charge in [0.2, 0.25) is 5.95 Å². The zero-order chi connectivity index (χ0) is 14.0. The second-order valence-corrected chi connectivity index (χ2v) is 8.36. The molecule has 0 radical (unpaired) electrons. The van der Waals surface area contributed by atoms with Crippen LogP contribution in [0.25, 0.3) is 11.2 Å². The number of rotatable bonds is 5. The van der Waals surface area contributed by atoms with E-state index in [0.29, 0.717) is 24.3 Å². The van der Waals surface area contributed by atoms with Gasteiger partial charge < -0.3 is 19.6 Å². The number of aromatic nitrogens is 4. The summed E-state index contributed by atoms with van der Waals surface area (Å²) in [5, 5.41) is 0.230. The summed E-state index contributed by atoms with van der Waals surface area (Å²) in [6.45, 7) is 4.32. The lowest BCUT2D eigenvalue weighted by Gasteiger charge is -2.08. The first-order chi connectivity index (χ1) is 8.87. The van der Waals surface area contributed by atoms with Crippen LogP contribution in [-0.2, 0) is 15.8 Å². The fourth-order valence-corrected chi connectivity index (χ4v) is 2.33. The number of nitrogens with zero attached hydrogens (tertiary/aromatic N) is 4. The first-order valence-electron chi connectivity index (χ1n) is 5.62. The number of halogens is 1. The maximum atomic E-state index is 11.5. The van der Waals surface area contributed by atoms with E-state index in [1.165, 1.54) is 0 Å². The summed E-state index contributed by atoms with van der Waals surface area (Å²) >= 11 is 5.92. The van der Waals surface area contributed by atoms with Gasteiger partial charge in [-0.1, -0.05) is 11.6 Å². The van der Waals surface area contributed by atoms with Gasteiger partial charge in [0.25, 0.3) is 0 Å². The van der Waals surface area contributed by atoms with Crippen molar-refractivity contribution in [3.8, 4) is 0 Å². The topological polar surface area (TPSA) is 95.9 Å². The predicted molar refractivity (Wildman–Crippen MR) is 75.0 cm³/mol. The third-order valence-electron chi connectivity index (χ3n) is 2.32. The molecule has 0 aliphatic heterocycles. The summed E-state index contributed by atoms with van der Waals surface area (Å²) in [5.74, 6) is 0.104. The molecule has 0 spiro atoms. The van der Waals surface area contributed by atoms with Gasteiger partial charge >= 0.3 is 0 Å². The van der Waals surface area contributed by atoms with Gasteiger partial charge in [-0.25, -0.2) is 4.98 Å². The lowest BCUT2D eigenvalue weighted by Crippen LogP contribution is -2.07. The molecule has 7 nitrogen and oxygen atoms in total. The molecule has 2 N–H and O–H groups in total. The van der Waals surface area contributed by atoms with Crippen molar-refractivity contribution in [3.05, 3.63) is 11.5 Å². The van der Waals surface area contributed by atoms with Crippen molar-refractivity contribution in [1.82, 2.24) is 19.5 Å². The Morgan fingerprint density at radius 1 is 1.47 bits per heavy atom. The van der Waals surface area contributed by atoms with E-state index in [0.717, 1.165) is 0 Å². The number of anilines is 1. The van der Waals surface area contributed by atoms with E-state index in [1.54, 1.807) is 24.2 Å². The SMILES string of the molecule is CP(C)(=O)COCCn1cnc2c(Cl)nc(N)nc21. The van der Waals surface area contributed by atoms with Crippen LogP contribution in [-0.4, -0.2) is 45.8 Å². The van der Waals surface area contributed by atoms with E-state index in [4.69, 9.17) is 22.1 Å². The third-order valence-corrected chi connectivity index (χ3v) is 3.39. The minimum atomic E-state index is -2.15. The van der Waals surface area contributed by atoms with E-state index in [1.807, 2.05) is 0 Å². The molecule has 0 bridgehead atoms. The quantitative estimate of drug-likeness (QED) is 0.512. The monoisotopic (exact) mass is 303 g/mol. The highest BCUT2D eigenvalue weighted by Crippen LogP contribution is 2.35. The second-order valence-electron chi connectivity index (χ2n) is 4.59. The average Bonchev–Trinajstić information content (AvgIpc) is 2.66. The Bertz CT molecular complexity index is 638. The van der Waals surface area contributed by atoms with E-state index < -0.39 is 7.14 Å². The molecule has 2 rings (SSSR count). The molecule has 0 saturated carbocycles. The maximum Gasteiger partial charge on any atom is 0.223 e. The van der Waals surface area contributed by atoms with Crippen LogP contribution < -0.4 is 5.73 Å². The van der Waals surface area contributed by atoms with Crippen LogP contribution in [0.4, 0.5) is 5.95 Å². The van der Waals surface area contributed by atoms with Crippen LogP contribution in [0, 0.1) is 0 Å². The van der Waals surface area contributed by atoms with Crippen molar-refractivity contribution in [3.63, 3.8) is 0 Å². The molecule has 9 heteroatoms. The zero-order valence-electron chi connectivity index (χ0n) is 10.7. The van der Waals surface area contributed by atoms with Crippen molar-refractivity contribution >= 4 is 35.9 Å². The standard InChI is InChI=1S/C10H15ClN5O2P/c1-19(2,17)6-18-4-3-16-5-13-7-8(11)14-10(12)15-9(7)16/h5H,3-4,6H2,1-2H3,(H2,12,14,15). The van der Waals surface area contributed by atoms with Crippen LogP contribution in [0.3, 0.4) is 0 Å². The van der Waals surface area contributed by atoms with Crippen LogP contribution >= 0.6 is 18.7 Å². The number of hydrogen-bond acceptors (Lipinski definition) is 6. The molecular formula is C10H15ClN5O2P. The zero-order valence-corrected chi connectivity index (χ0v) is 12.4. The van der Waals surface area contributed by atoms with Gasteiger partial charge in [0.15, 0.2) is 10.8 Å². The van der Waals surface area contributed by atoms with Gasteiger partial charge in [0, 0.05) is 6.54 Å². The largest absolute Gasteiger partial charge is 0.372 e. The number of ether oxygens (including phenoxy) is 1. The molecular weight excluding hydrogens is 289 g/mol. The highest BCUT2D eigenvalue weighted by Gasteiger charge is 2.11. The fourth-order valence-electron chi connectivity index (χ4n) is 1.54. The minimum absolute atomic E-state index is 0.104. The Morgan fingerprint density at radius 2 is 2.21 bits per heavy atom. The third kappa shape index (κ3) is 3.65. The van der Waals surface area contributed by atoms with Crippen LogP contribution in [0.1, 0.15) is 0 Å². The lowest BCUT2D eigenvalue weighted by molar-refractivity contribution is 0.167. The summed E-state index contributed by atoms with van der Waals surface area (Å²) in [6, 6.07) is 0. The Morgan fingerprint density at radius 3 is 2.89 bits per heavy atom. The van der Waals surface area contributed by atoms with E-state index in [2.05, 4.69) is 15.0 Å². The molecule has 19 heavy (non-hydrogen) atoms. The second kappa shape index (κ2) is 5.45. The highest BCUT2D eigenvalue weighted by atomic mass is 35.5. The molecule has 0 unspecified atom stereocenters.